The molecule has 0 atom stereocenters. The topological polar surface area (TPSA) is 59.3 Å². The SMILES string of the molecule is O=C(CC12CC3CC(CC(C3)C1)C2)Nc1cccc2c(=O)occc12. The van der Waals surface area contributed by atoms with E-state index >= 15 is 0 Å². The number of amides is 1. The summed E-state index contributed by atoms with van der Waals surface area (Å²) in [5.74, 6) is 2.63. The first-order chi connectivity index (χ1) is 12.1. The van der Waals surface area contributed by atoms with Crippen LogP contribution < -0.4 is 10.9 Å². The maximum absolute atomic E-state index is 12.8. The van der Waals surface area contributed by atoms with Crippen LogP contribution in [-0.2, 0) is 4.79 Å². The van der Waals surface area contributed by atoms with Crippen LogP contribution in [0.5, 0.6) is 0 Å². The molecule has 0 radical (unpaired) electrons. The van der Waals surface area contributed by atoms with Crippen molar-refractivity contribution in [2.45, 2.75) is 44.9 Å². The summed E-state index contributed by atoms with van der Waals surface area (Å²) in [5.41, 5.74) is 0.567. The molecular formula is C21H23NO3. The van der Waals surface area contributed by atoms with E-state index in [9.17, 15) is 9.59 Å². The molecular weight excluding hydrogens is 314 g/mol. The molecule has 2 aromatic rings. The Balaban J connectivity index is 1.38. The summed E-state index contributed by atoms with van der Waals surface area (Å²) in [6, 6.07) is 7.13. The molecule has 1 aromatic heterocycles. The van der Waals surface area contributed by atoms with Crippen molar-refractivity contribution in [3.8, 4) is 0 Å². The number of rotatable bonds is 3. The molecule has 130 valence electrons. The highest BCUT2D eigenvalue weighted by Crippen LogP contribution is 2.61. The molecule has 4 bridgehead atoms. The normalized spacial score (nSPS) is 32.9. The average molecular weight is 337 g/mol. The fourth-order valence-corrected chi connectivity index (χ4v) is 6.30. The van der Waals surface area contributed by atoms with Gasteiger partial charge in [0.25, 0.3) is 0 Å². The van der Waals surface area contributed by atoms with Crippen molar-refractivity contribution in [2.75, 3.05) is 5.32 Å². The zero-order valence-corrected chi connectivity index (χ0v) is 14.3. The predicted octanol–water partition coefficient (Wildman–Crippen LogP) is 4.34. The number of nitrogens with one attached hydrogen (secondary N) is 1. The Labute approximate surface area is 146 Å². The summed E-state index contributed by atoms with van der Waals surface area (Å²) < 4.78 is 4.92. The Morgan fingerprint density at radius 2 is 1.72 bits per heavy atom. The maximum Gasteiger partial charge on any atom is 0.343 e. The van der Waals surface area contributed by atoms with Gasteiger partial charge in [-0.3, -0.25) is 4.79 Å². The van der Waals surface area contributed by atoms with Crippen LogP contribution in [0, 0.1) is 23.2 Å². The van der Waals surface area contributed by atoms with Crippen molar-refractivity contribution in [2.24, 2.45) is 23.2 Å². The zero-order chi connectivity index (χ0) is 17.0. The predicted molar refractivity (Wildman–Crippen MR) is 96.3 cm³/mol. The first-order valence-corrected chi connectivity index (χ1v) is 9.41. The van der Waals surface area contributed by atoms with Crippen molar-refractivity contribution in [3.63, 3.8) is 0 Å². The Morgan fingerprint density at radius 1 is 1.04 bits per heavy atom. The molecule has 0 aliphatic heterocycles. The van der Waals surface area contributed by atoms with Gasteiger partial charge < -0.3 is 9.73 Å². The van der Waals surface area contributed by atoms with E-state index in [-0.39, 0.29) is 16.9 Å². The van der Waals surface area contributed by atoms with E-state index in [2.05, 4.69) is 5.32 Å². The highest BCUT2D eigenvalue weighted by Gasteiger charge is 2.51. The van der Waals surface area contributed by atoms with Gasteiger partial charge in [0.15, 0.2) is 0 Å². The molecule has 4 nitrogen and oxygen atoms in total. The van der Waals surface area contributed by atoms with Crippen LogP contribution in [0.1, 0.15) is 44.9 Å². The van der Waals surface area contributed by atoms with Gasteiger partial charge in [-0.25, -0.2) is 4.79 Å². The van der Waals surface area contributed by atoms with E-state index in [0.717, 1.165) is 23.1 Å². The Kier molecular flexibility index (Phi) is 3.31. The Morgan fingerprint density at radius 3 is 2.40 bits per heavy atom. The molecule has 0 spiro atoms. The van der Waals surface area contributed by atoms with Crippen LogP contribution in [0.3, 0.4) is 0 Å². The molecule has 25 heavy (non-hydrogen) atoms. The molecule has 4 aliphatic rings. The van der Waals surface area contributed by atoms with Crippen LogP contribution >= 0.6 is 0 Å². The molecule has 1 heterocycles. The summed E-state index contributed by atoms with van der Waals surface area (Å²) in [7, 11) is 0. The van der Waals surface area contributed by atoms with Gasteiger partial charge in [0.1, 0.15) is 0 Å². The van der Waals surface area contributed by atoms with E-state index in [1.807, 2.05) is 6.07 Å². The third kappa shape index (κ3) is 2.59. The van der Waals surface area contributed by atoms with Crippen LogP contribution in [0.4, 0.5) is 5.69 Å². The van der Waals surface area contributed by atoms with Gasteiger partial charge in [0, 0.05) is 17.5 Å². The minimum absolute atomic E-state index is 0.0858. The smallest absolute Gasteiger partial charge is 0.343 e. The second-order valence-electron chi connectivity index (χ2n) is 8.62. The van der Waals surface area contributed by atoms with Gasteiger partial charge >= 0.3 is 5.63 Å². The molecule has 4 saturated carbocycles. The number of hydrogen-bond acceptors (Lipinski definition) is 3. The Bertz CT molecular complexity index is 862. The number of anilines is 1. The first kappa shape index (κ1) is 15.2. The molecule has 4 aliphatic carbocycles. The molecule has 6 rings (SSSR count). The van der Waals surface area contributed by atoms with Crippen molar-refractivity contribution < 1.29 is 9.21 Å². The molecule has 0 saturated heterocycles. The third-order valence-corrected chi connectivity index (χ3v) is 6.71. The van der Waals surface area contributed by atoms with Crippen LogP contribution in [-0.4, -0.2) is 5.91 Å². The van der Waals surface area contributed by atoms with E-state index in [4.69, 9.17) is 4.42 Å². The lowest BCUT2D eigenvalue weighted by atomic mass is 9.49. The molecule has 0 unspecified atom stereocenters. The van der Waals surface area contributed by atoms with Gasteiger partial charge in [0.2, 0.25) is 5.91 Å². The monoisotopic (exact) mass is 337 g/mol. The van der Waals surface area contributed by atoms with Crippen LogP contribution in [0.25, 0.3) is 10.8 Å². The minimum atomic E-state index is -0.366. The van der Waals surface area contributed by atoms with E-state index in [1.54, 1.807) is 18.2 Å². The summed E-state index contributed by atoms with van der Waals surface area (Å²) >= 11 is 0. The van der Waals surface area contributed by atoms with Crippen molar-refractivity contribution >= 4 is 22.4 Å². The summed E-state index contributed by atoms with van der Waals surface area (Å²) in [4.78, 5) is 24.6. The molecule has 1 amide bonds. The summed E-state index contributed by atoms with van der Waals surface area (Å²) in [6.45, 7) is 0. The second-order valence-corrected chi connectivity index (χ2v) is 8.62. The lowest BCUT2D eigenvalue weighted by Gasteiger charge is -2.56. The maximum atomic E-state index is 12.8. The number of benzene rings is 1. The number of fused-ring (bicyclic) bond motifs is 1. The lowest BCUT2D eigenvalue weighted by Crippen LogP contribution is -2.47. The van der Waals surface area contributed by atoms with E-state index in [1.165, 1.54) is 44.8 Å². The van der Waals surface area contributed by atoms with Crippen molar-refractivity contribution in [3.05, 3.63) is 40.9 Å². The van der Waals surface area contributed by atoms with Crippen LogP contribution in [0.15, 0.2) is 39.7 Å². The van der Waals surface area contributed by atoms with Crippen molar-refractivity contribution in [1.82, 2.24) is 0 Å². The van der Waals surface area contributed by atoms with Gasteiger partial charge in [-0.1, -0.05) is 6.07 Å². The van der Waals surface area contributed by atoms with Crippen molar-refractivity contribution in [1.29, 1.82) is 0 Å². The highest BCUT2D eigenvalue weighted by molar-refractivity contribution is 6.01. The van der Waals surface area contributed by atoms with Crippen LogP contribution in [0.2, 0.25) is 0 Å². The number of carbonyl (C=O) groups is 1. The third-order valence-electron chi connectivity index (χ3n) is 6.71. The molecule has 1 aromatic carbocycles. The lowest BCUT2D eigenvalue weighted by molar-refractivity contribution is -0.124. The highest BCUT2D eigenvalue weighted by atomic mass is 16.4. The average Bonchev–Trinajstić information content (AvgIpc) is 2.54. The minimum Gasteiger partial charge on any atom is -0.431 e. The van der Waals surface area contributed by atoms with E-state index < -0.39 is 0 Å². The molecule has 4 heteroatoms. The van der Waals surface area contributed by atoms with E-state index in [0.29, 0.717) is 17.5 Å². The largest absolute Gasteiger partial charge is 0.431 e. The zero-order valence-electron chi connectivity index (χ0n) is 14.3. The Hall–Kier alpha value is -2.10. The van der Waals surface area contributed by atoms with Gasteiger partial charge in [-0.15, -0.1) is 0 Å². The first-order valence-electron chi connectivity index (χ1n) is 9.41. The quantitative estimate of drug-likeness (QED) is 0.906. The summed E-state index contributed by atoms with van der Waals surface area (Å²) in [6.07, 6.45) is 9.86. The number of hydrogen-bond donors (Lipinski definition) is 1. The fourth-order valence-electron chi connectivity index (χ4n) is 6.30. The van der Waals surface area contributed by atoms with Gasteiger partial charge in [-0.05, 0) is 79.9 Å². The van der Waals surface area contributed by atoms with Gasteiger partial charge in [0.05, 0.1) is 11.6 Å². The summed E-state index contributed by atoms with van der Waals surface area (Å²) in [5, 5.41) is 4.32. The fraction of sp³-hybridized carbons (Fsp3) is 0.524. The standard InChI is InChI=1S/C21H23NO3/c23-19(12-21-9-13-6-14(10-21)8-15(7-13)11-21)22-18-3-1-2-17-16(18)4-5-25-20(17)24/h1-5,13-15H,6-12H2,(H,22,23). The molecule has 1 N–H and O–H groups in total. The number of carbonyl (C=O) groups excluding carboxylic acids is 1. The van der Waals surface area contributed by atoms with Gasteiger partial charge in [-0.2, -0.15) is 0 Å². The second kappa shape index (κ2) is 5.45. The molecule has 4 fully saturated rings.